The molecule has 0 spiro atoms. The molecule has 1 heterocycles. The first-order valence-corrected chi connectivity index (χ1v) is 3.22. The summed E-state index contributed by atoms with van der Waals surface area (Å²) in [6.07, 6.45) is 0. The highest BCUT2D eigenvalue weighted by molar-refractivity contribution is 6.35. The van der Waals surface area contributed by atoms with Gasteiger partial charge in [0.15, 0.2) is 7.85 Å². The topological polar surface area (TPSA) is 28.7 Å². The summed E-state index contributed by atoms with van der Waals surface area (Å²) in [5.41, 5.74) is 1.81. The lowest BCUT2D eigenvalue weighted by Crippen LogP contribution is -2.13. The van der Waals surface area contributed by atoms with Gasteiger partial charge in [-0.2, -0.15) is 0 Å². The van der Waals surface area contributed by atoms with E-state index in [2.05, 4.69) is 9.97 Å². The number of nitrogens with zero attached hydrogens (tertiary/aromatic N) is 1. The van der Waals surface area contributed by atoms with Gasteiger partial charge in [-0.1, -0.05) is 13.8 Å². The number of aromatic amines is 1. The van der Waals surface area contributed by atoms with E-state index in [0.29, 0.717) is 17.2 Å². The Kier molecular flexibility index (Phi) is 1.88. The van der Waals surface area contributed by atoms with Gasteiger partial charge in [0.05, 0.1) is 5.69 Å². The maximum Gasteiger partial charge on any atom is 0.167 e. The summed E-state index contributed by atoms with van der Waals surface area (Å²) >= 11 is 0. The van der Waals surface area contributed by atoms with Gasteiger partial charge < -0.3 is 4.98 Å². The van der Waals surface area contributed by atoms with Crippen LogP contribution in [-0.4, -0.2) is 25.7 Å². The molecule has 0 aliphatic carbocycles. The number of nitrogens with one attached hydrogen (secondary N) is 1. The lowest BCUT2D eigenvalue weighted by Gasteiger charge is -1.99. The molecule has 4 heteroatoms. The van der Waals surface area contributed by atoms with Crippen molar-refractivity contribution in [2.45, 2.75) is 19.8 Å². The van der Waals surface area contributed by atoms with Gasteiger partial charge in [-0.25, -0.2) is 0 Å². The van der Waals surface area contributed by atoms with Crippen LogP contribution in [-0.2, 0) is 0 Å². The molecule has 0 atom stereocenters. The largest absolute Gasteiger partial charge is 0.365 e. The Morgan fingerprint density at radius 1 is 1.40 bits per heavy atom. The zero-order valence-corrected chi connectivity index (χ0v) is 6.18. The molecular formula is C6H8B2N2. The predicted octanol–water partition coefficient (Wildman–Crippen LogP) is -0.879. The third kappa shape index (κ3) is 1.25. The van der Waals surface area contributed by atoms with Crippen LogP contribution in [0.4, 0.5) is 0 Å². The summed E-state index contributed by atoms with van der Waals surface area (Å²) in [6, 6.07) is 0. The molecule has 0 saturated heterocycles. The molecule has 4 radical (unpaired) electrons. The first-order valence-electron chi connectivity index (χ1n) is 3.22. The Morgan fingerprint density at radius 3 is 2.20 bits per heavy atom. The first-order chi connectivity index (χ1) is 4.61. The molecule has 48 valence electrons. The van der Waals surface area contributed by atoms with E-state index < -0.39 is 0 Å². The van der Waals surface area contributed by atoms with Crippen LogP contribution in [0.15, 0.2) is 0 Å². The third-order valence-corrected chi connectivity index (χ3v) is 1.33. The zero-order valence-electron chi connectivity index (χ0n) is 6.18. The van der Waals surface area contributed by atoms with E-state index in [-0.39, 0.29) is 0 Å². The van der Waals surface area contributed by atoms with E-state index in [1.807, 2.05) is 13.8 Å². The molecule has 0 aliphatic heterocycles. The summed E-state index contributed by atoms with van der Waals surface area (Å²) in [5.74, 6) is 0.327. The number of hydrogen-bond donors (Lipinski definition) is 1. The van der Waals surface area contributed by atoms with Crippen LogP contribution in [0.5, 0.6) is 0 Å². The highest BCUT2D eigenvalue weighted by Crippen LogP contribution is 2.04. The van der Waals surface area contributed by atoms with Crippen LogP contribution in [0.25, 0.3) is 0 Å². The van der Waals surface area contributed by atoms with Gasteiger partial charge in [-0.05, 0) is 11.5 Å². The quantitative estimate of drug-likeness (QED) is 0.491. The molecule has 1 rings (SSSR count). The summed E-state index contributed by atoms with van der Waals surface area (Å²) in [7, 11) is 10.9. The molecule has 0 saturated carbocycles. The van der Waals surface area contributed by atoms with Crippen LogP contribution < -0.4 is 11.3 Å². The van der Waals surface area contributed by atoms with E-state index in [0.717, 1.165) is 5.69 Å². The monoisotopic (exact) mass is 130 g/mol. The van der Waals surface area contributed by atoms with Gasteiger partial charge in [-0.3, -0.25) is 4.98 Å². The number of rotatable bonds is 1. The number of H-pyrrole nitrogens is 1. The van der Waals surface area contributed by atoms with Crippen molar-refractivity contribution >= 4 is 27.0 Å². The summed E-state index contributed by atoms with van der Waals surface area (Å²) in [5, 5.41) is 0. The molecule has 2 nitrogen and oxygen atoms in total. The van der Waals surface area contributed by atoms with Crippen molar-refractivity contribution in [1.82, 2.24) is 9.97 Å². The minimum Gasteiger partial charge on any atom is -0.365 e. The van der Waals surface area contributed by atoms with Crippen molar-refractivity contribution < 1.29 is 0 Å². The molecule has 0 amide bonds. The van der Waals surface area contributed by atoms with Gasteiger partial charge in [0, 0.05) is 5.72 Å². The van der Waals surface area contributed by atoms with Crippen molar-refractivity contribution in [1.29, 1.82) is 0 Å². The third-order valence-electron chi connectivity index (χ3n) is 1.33. The molecule has 0 aromatic carbocycles. The predicted molar refractivity (Wildman–Crippen MR) is 43.5 cm³/mol. The number of imidazole rings is 1. The van der Waals surface area contributed by atoms with E-state index in [4.69, 9.17) is 15.7 Å². The normalized spacial score (nSPS) is 10.7. The Balaban J connectivity index is 3.03. The van der Waals surface area contributed by atoms with Crippen molar-refractivity contribution in [2.75, 3.05) is 0 Å². The Morgan fingerprint density at radius 2 is 2.00 bits per heavy atom. The Hall–Kier alpha value is -0.660. The average Bonchev–Trinajstić information content (AvgIpc) is 2.10. The minimum absolute atomic E-state index is 0.327. The number of hydrogen-bond acceptors (Lipinski definition) is 1. The number of aromatic nitrogens is 2. The van der Waals surface area contributed by atoms with Crippen LogP contribution in [0, 0.1) is 0 Å². The maximum atomic E-state index is 5.54. The summed E-state index contributed by atoms with van der Waals surface area (Å²) < 4.78 is 0. The highest BCUT2D eigenvalue weighted by Gasteiger charge is 2.05. The van der Waals surface area contributed by atoms with Crippen LogP contribution >= 0.6 is 0 Å². The molecule has 0 fully saturated rings. The molecule has 0 bridgehead atoms. The fraction of sp³-hybridized carbons (Fsp3) is 0.500. The van der Waals surface area contributed by atoms with Crippen LogP contribution in [0.3, 0.4) is 0 Å². The van der Waals surface area contributed by atoms with Crippen LogP contribution in [0.2, 0.25) is 0 Å². The molecule has 0 aliphatic rings. The van der Waals surface area contributed by atoms with E-state index in [9.17, 15) is 0 Å². The summed E-state index contributed by atoms with van der Waals surface area (Å²) in [4.78, 5) is 6.74. The van der Waals surface area contributed by atoms with Crippen molar-refractivity contribution in [2.24, 2.45) is 0 Å². The van der Waals surface area contributed by atoms with Crippen molar-refractivity contribution in [3.8, 4) is 0 Å². The average molecular weight is 130 g/mol. The van der Waals surface area contributed by atoms with E-state index in [1.54, 1.807) is 0 Å². The van der Waals surface area contributed by atoms with Gasteiger partial charge in [0.2, 0.25) is 0 Å². The molecular weight excluding hydrogens is 122 g/mol. The summed E-state index contributed by atoms with van der Waals surface area (Å²) in [6.45, 7) is 4.04. The lowest BCUT2D eigenvalue weighted by atomic mass is 9.96. The first kappa shape index (κ1) is 7.45. The van der Waals surface area contributed by atoms with Gasteiger partial charge >= 0.3 is 0 Å². The van der Waals surface area contributed by atoms with E-state index in [1.165, 1.54) is 0 Å². The molecule has 0 unspecified atom stereocenters. The fourth-order valence-corrected chi connectivity index (χ4v) is 0.860. The molecule has 10 heavy (non-hydrogen) atoms. The maximum absolute atomic E-state index is 5.54. The molecule has 1 aromatic heterocycles. The van der Waals surface area contributed by atoms with Crippen LogP contribution in [0.1, 0.15) is 25.5 Å². The zero-order chi connectivity index (χ0) is 7.72. The second-order valence-corrected chi connectivity index (χ2v) is 2.58. The van der Waals surface area contributed by atoms with Gasteiger partial charge in [-0.15, -0.1) is 0 Å². The SMILES string of the molecule is [B]c1nc(C(C)C)c([B])[nH]1. The Labute approximate surface area is 63.3 Å². The standard InChI is InChI=1S/C6H8B2N2/c1-3(2)4-5(7)10-6(8)9-4/h3H,1-2H3,(H,9,10). The van der Waals surface area contributed by atoms with Gasteiger partial charge in [0.25, 0.3) is 0 Å². The van der Waals surface area contributed by atoms with E-state index >= 15 is 0 Å². The fourth-order valence-electron chi connectivity index (χ4n) is 0.860. The van der Waals surface area contributed by atoms with Crippen molar-refractivity contribution in [3.63, 3.8) is 0 Å². The second kappa shape index (κ2) is 2.52. The van der Waals surface area contributed by atoms with Crippen molar-refractivity contribution in [3.05, 3.63) is 5.69 Å². The smallest absolute Gasteiger partial charge is 0.167 e. The molecule has 1 N–H and O–H groups in total. The van der Waals surface area contributed by atoms with Gasteiger partial charge in [0.1, 0.15) is 7.85 Å². The minimum atomic E-state index is 0.327. The highest BCUT2D eigenvalue weighted by atomic mass is 14.9. The Bertz CT molecular complexity index is 230. The second-order valence-electron chi connectivity index (χ2n) is 2.58. The molecule has 1 aromatic rings. The lowest BCUT2D eigenvalue weighted by molar-refractivity contribution is 0.841.